The topological polar surface area (TPSA) is 102 Å². The lowest BCUT2D eigenvalue weighted by Crippen LogP contribution is -2.23. The lowest BCUT2D eigenvalue weighted by molar-refractivity contribution is -0.384. The summed E-state index contributed by atoms with van der Waals surface area (Å²) >= 11 is 2.63. The molecule has 3 aromatic rings. The zero-order chi connectivity index (χ0) is 20.5. The van der Waals surface area contributed by atoms with E-state index < -0.39 is 4.92 Å². The number of para-hydroxylation sites is 1. The van der Waals surface area contributed by atoms with Crippen molar-refractivity contribution >= 4 is 51.1 Å². The Morgan fingerprint density at radius 2 is 2.07 bits per heavy atom. The Hall–Kier alpha value is -3.24. The maximum atomic E-state index is 12.5. The number of nitro groups is 1. The Morgan fingerprint density at radius 1 is 1.28 bits per heavy atom. The highest BCUT2D eigenvalue weighted by Gasteiger charge is 2.31. The molecule has 146 valence electrons. The molecule has 29 heavy (non-hydrogen) atoms. The summed E-state index contributed by atoms with van der Waals surface area (Å²) in [5, 5.41) is 14.2. The molecule has 1 fully saturated rings. The second-order valence-corrected chi connectivity index (χ2v) is 7.96. The van der Waals surface area contributed by atoms with Crippen LogP contribution < -0.4 is 0 Å². The van der Waals surface area contributed by atoms with Gasteiger partial charge < -0.3 is 4.42 Å². The standard InChI is InChI=1S/C19H14N4O4S2/c1-11-10-28-18(20-11)21-19-22(2)17(24)16(29-19)9-12-7-8-15(27-12)13-5-3-4-6-14(13)23(25)26/h3-10H,1-2H3/b16-9+,21-19+. The molecular formula is C19H14N4O4S2. The number of nitro benzene ring substituents is 1. The van der Waals surface area contributed by atoms with Gasteiger partial charge >= 0.3 is 0 Å². The Kier molecular flexibility index (Phi) is 5.03. The van der Waals surface area contributed by atoms with Crippen molar-refractivity contribution in [1.82, 2.24) is 9.88 Å². The van der Waals surface area contributed by atoms with Crippen molar-refractivity contribution < 1.29 is 14.1 Å². The number of benzene rings is 1. The first-order chi connectivity index (χ1) is 13.9. The third-order valence-corrected chi connectivity index (χ3v) is 5.98. The maximum Gasteiger partial charge on any atom is 0.280 e. The summed E-state index contributed by atoms with van der Waals surface area (Å²) in [6.07, 6.45) is 1.61. The van der Waals surface area contributed by atoms with Crippen molar-refractivity contribution in [2.45, 2.75) is 6.92 Å². The molecule has 10 heteroatoms. The lowest BCUT2D eigenvalue weighted by atomic mass is 10.1. The van der Waals surface area contributed by atoms with Crippen LogP contribution in [0.25, 0.3) is 17.4 Å². The van der Waals surface area contributed by atoms with E-state index in [0.717, 1.165) is 5.69 Å². The highest BCUT2D eigenvalue weighted by molar-refractivity contribution is 8.18. The first kappa shape index (κ1) is 19.1. The second-order valence-electron chi connectivity index (χ2n) is 6.12. The molecule has 0 aliphatic carbocycles. The number of nitrogens with zero attached hydrogens (tertiary/aromatic N) is 4. The fraction of sp³-hybridized carbons (Fsp3) is 0.105. The van der Waals surface area contributed by atoms with Gasteiger partial charge in [0.1, 0.15) is 11.5 Å². The summed E-state index contributed by atoms with van der Waals surface area (Å²) in [7, 11) is 1.65. The van der Waals surface area contributed by atoms with Crippen LogP contribution in [0.1, 0.15) is 11.5 Å². The third kappa shape index (κ3) is 3.84. The molecule has 1 aliphatic heterocycles. The van der Waals surface area contributed by atoms with Gasteiger partial charge in [-0.3, -0.25) is 19.8 Å². The molecule has 0 atom stereocenters. The van der Waals surface area contributed by atoms with E-state index in [1.807, 2.05) is 12.3 Å². The Bertz CT molecular complexity index is 1180. The van der Waals surface area contributed by atoms with E-state index in [0.29, 0.717) is 32.3 Å². The van der Waals surface area contributed by atoms with Crippen molar-refractivity contribution in [3.05, 3.63) is 68.3 Å². The van der Waals surface area contributed by atoms with E-state index in [1.165, 1.54) is 34.1 Å². The van der Waals surface area contributed by atoms with E-state index in [-0.39, 0.29) is 11.6 Å². The molecule has 1 aromatic carbocycles. The van der Waals surface area contributed by atoms with Gasteiger partial charge in [0.25, 0.3) is 11.6 Å². The van der Waals surface area contributed by atoms with Gasteiger partial charge in [-0.05, 0) is 36.9 Å². The van der Waals surface area contributed by atoms with E-state index in [9.17, 15) is 14.9 Å². The summed E-state index contributed by atoms with van der Waals surface area (Å²) in [5.74, 6) is 0.583. The number of aliphatic imine (C=N–C) groups is 1. The number of thiazole rings is 1. The smallest absolute Gasteiger partial charge is 0.280 e. The Morgan fingerprint density at radius 3 is 2.79 bits per heavy atom. The molecular weight excluding hydrogens is 412 g/mol. The molecule has 0 radical (unpaired) electrons. The molecule has 1 amide bonds. The summed E-state index contributed by atoms with van der Waals surface area (Å²) in [6, 6.07) is 9.67. The predicted molar refractivity (Wildman–Crippen MR) is 113 cm³/mol. The predicted octanol–water partition coefficient (Wildman–Crippen LogP) is 4.85. The quantitative estimate of drug-likeness (QED) is 0.336. The van der Waals surface area contributed by atoms with Crippen molar-refractivity contribution in [2.24, 2.45) is 4.99 Å². The maximum absolute atomic E-state index is 12.5. The number of thioether (sulfide) groups is 1. The fourth-order valence-corrected chi connectivity index (χ4v) is 4.34. The molecule has 1 aliphatic rings. The van der Waals surface area contributed by atoms with Crippen LogP contribution in [0.4, 0.5) is 10.8 Å². The van der Waals surface area contributed by atoms with Crippen LogP contribution in [-0.2, 0) is 4.79 Å². The Balaban J connectivity index is 1.62. The minimum atomic E-state index is -0.454. The summed E-state index contributed by atoms with van der Waals surface area (Å²) in [4.78, 5) is 33.9. The zero-order valence-electron chi connectivity index (χ0n) is 15.4. The van der Waals surface area contributed by atoms with Crippen LogP contribution in [0.5, 0.6) is 0 Å². The molecule has 4 rings (SSSR count). The van der Waals surface area contributed by atoms with Gasteiger partial charge in [0, 0.05) is 24.6 Å². The molecule has 0 bridgehead atoms. The number of carbonyl (C=O) groups excluding carboxylic acids is 1. The van der Waals surface area contributed by atoms with Crippen molar-refractivity contribution in [3.8, 4) is 11.3 Å². The minimum absolute atomic E-state index is 0.0414. The molecule has 3 heterocycles. The molecule has 0 N–H and O–H groups in total. The zero-order valence-corrected chi connectivity index (χ0v) is 17.0. The number of amidine groups is 1. The highest BCUT2D eigenvalue weighted by atomic mass is 32.2. The average Bonchev–Trinajstić information content (AvgIpc) is 3.40. The summed E-state index contributed by atoms with van der Waals surface area (Å²) < 4.78 is 5.75. The van der Waals surface area contributed by atoms with Crippen LogP contribution in [0.15, 0.2) is 56.1 Å². The molecule has 0 saturated carbocycles. The van der Waals surface area contributed by atoms with Crippen LogP contribution in [-0.4, -0.2) is 32.9 Å². The SMILES string of the molecule is Cc1csc(/N=C2/S/C(=C/c3ccc(-c4ccccc4[N+](=O)[O-])o3)C(=O)N2C)n1. The van der Waals surface area contributed by atoms with Crippen LogP contribution in [0.2, 0.25) is 0 Å². The lowest BCUT2D eigenvalue weighted by Gasteiger charge is -2.05. The van der Waals surface area contributed by atoms with Crippen molar-refractivity contribution in [2.75, 3.05) is 7.05 Å². The van der Waals surface area contributed by atoms with Gasteiger partial charge in [-0.2, -0.15) is 4.99 Å². The van der Waals surface area contributed by atoms with Gasteiger partial charge in [0.05, 0.1) is 21.1 Å². The minimum Gasteiger partial charge on any atom is -0.456 e. The number of hydrogen-bond acceptors (Lipinski definition) is 8. The first-order valence-corrected chi connectivity index (χ1v) is 10.1. The van der Waals surface area contributed by atoms with Gasteiger partial charge in [0.2, 0.25) is 5.13 Å². The number of likely N-dealkylation sites (N-methyl/N-ethyl adjacent to an activating group) is 1. The number of aryl methyl sites for hydroxylation is 1. The van der Waals surface area contributed by atoms with Gasteiger partial charge in [0.15, 0.2) is 5.17 Å². The van der Waals surface area contributed by atoms with E-state index >= 15 is 0 Å². The molecule has 1 saturated heterocycles. The first-order valence-electron chi connectivity index (χ1n) is 8.44. The highest BCUT2D eigenvalue weighted by Crippen LogP contribution is 2.35. The third-order valence-electron chi connectivity index (χ3n) is 4.07. The second kappa shape index (κ2) is 7.64. The van der Waals surface area contributed by atoms with E-state index in [2.05, 4.69) is 9.98 Å². The van der Waals surface area contributed by atoms with Crippen LogP contribution >= 0.6 is 23.1 Å². The fourth-order valence-electron chi connectivity index (χ4n) is 2.67. The largest absolute Gasteiger partial charge is 0.456 e. The van der Waals surface area contributed by atoms with Gasteiger partial charge in [-0.1, -0.05) is 12.1 Å². The molecule has 2 aromatic heterocycles. The number of aromatic nitrogens is 1. The number of amides is 1. The average molecular weight is 426 g/mol. The summed E-state index contributed by atoms with van der Waals surface area (Å²) in [5.41, 5.74) is 1.21. The van der Waals surface area contributed by atoms with Gasteiger partial charge in [-0.25, -0.2) is 4.98 Å². The molecule has 0 spiro atoms. The normalized spacial score (nSPS) is 16.9. The number of furan rings is 1. The van der Waals surface area contributed by atoms with Gasteiger partial charge in [-0.15, -0.1) is 11.3 Å². The van der Waals surface area contributed by atoms with Crippen LogP contribution in [0.3, 0.4) is 0 Å². The van der Waals surface area contributed by atoms with Crippen molar-refractivity contribution in [3.63, 3.8) is 0 Å². The monoisotopic (exact) mass is 426 g/mol. The van der Waals surface area contributed by atoms with Crippen molar-refractivity contribution in [1.29, 1.82) is 0 Å². The molecule has 8 nitrogen and oxygen atoms in total. The number of hydrogen-bond donors (Lipinski definition) is 0. The summed E-state index contributed by atoms with van der Waals surface area (Å²) in [6.45, 7) is 1.88. The van der Waals surface area contributed by atoms with E-state index in [1.54, 1.807) is 43.5 Å². The number of carbonyl (C=O) groups is 1. The molecule has 0 unspecified atom stereocenters. The number of rotatable bonds is 4. The van der Waals surface area contributed by atoms with E-state index in [4.69, 9.17) is 4.42 Å². The Labute approximate surface area is 173 Å². The van der Waals surface area contributed by atoms with Crippen LogP contribution in [0, 0.1) is 17.0 Å².